The SMILES string of the molecule is COC(=O)C(N)(C(F)F)C1CC1. The molecule has 5 heteroatoms. The molecule has 2 N–H and O–H groups in total. The van der Waals surface area contributed by atoms with Crippen LogP contribution in [0.1, 0.15) is 12.8 Å². The number of methoxy groups -OCH3 is 1. The molecule has 1 unspecified atom stereocenters. The van der Waals surface area contributed by atoms with Crippen molar-refractivity contribution in [3.8, 4) is 0 Å². The quantitative estimate of drug-likeness (QED) is 0.643. The Morgan fingerprint density at radius 3 is 2.42 bits per heavy atom. The topological polar surface area (TPSA) is 52.3 Å². The summed E-state index contributed by atoms with van der Waals surface area (Å²) in [6, 6.07) is 0. The van der Waals surface area contributed by atoms with Crippen LogP contribution in [0.15, 0.2) is 0 Å². The Hall–Kier alpha value is -0.710. The molecule has 0 aromatic rings. The molecule has 0 spiro atoms. The van der Waals surface area contributed by atoms with Crippen LogP contribution in [0, 0.1) is 5.92 Å². The van der Waals surface area contributed by atoms with Crippen LogP contribution < -0.4 is 5.73 Å². The number of hydrogen-bond acceptors (Lipinski definition) is 3. The maximum Gasteiger partial charge on any atom is 0.332 e. The molecule has 0 aromatic carbocycles. The van der Waals surface area contributed by atoms with Crippen molar-refractivity contribution < 1.29 is 18.3 Å². The van der Waals surface area contributed by atoms with Gasteiger partial charge in [-0.05, 0) is 18.8 Å². The fraction of sp³-hybridized carbons (Fsp3) is 0.857. The maximum absolute atomic E-state index is 12.4. The van der Waals surface area contributed by atoms with Crippen LogP contribution in [0.25, 0.3) is 0 Å². The average Bonchev–Trinajstić information content (AvgIpc) is 2.83. The van der Waals surface area contributed by atoms with E-state index in [1.165, 1.54) is 0 Å². The molecule has 0 heterocycles. The second-order valence-electron chi connectivity index (χ2n) is 3.00. The summed E-state index contributed by atoms with van der Waals surface area (Å²) < 4.78 is 29.0. The van der Waals surface area contributed by atoms with Gasteiger partial charge in [-0.3, -0.25) is 0 Å². The average molecular weight is 179 g/mol. The number of carbonyl (C=O) groups is 1. The van der Waals surface area contributed by atoms with Crippen molar-refractivity contribution in [2.75, 3.05) is 7.11 Å². The van der Waals surface area contributed by atoms with Gasteiger partial charge >= 0.3 is 5.97 Å². The first-order chi connectivity index (χ1) is 5.53. The van der Waals surface area contributed by atoms with E-state index in [-0.39, 0.29) is 0 Å². The van der Waals surface area contributed by atoms with Crippen molar-refractivity contribution in [1.29, 1.82) is 0 Å². The van der Waals surface area contributed by atoms with Gasteiger partial charge < -0.3 is 10.5 Å². The van der Waals surface area contributed by atoms with E-state index >= 15 is 0 Å². The Balaban J connectivity index is 2.77. The Bertz CT molecular complexity index is 190. The van der Waals surface area contributed by atoms with Crippen LogP contribution in [-0.2, 0) is 9.53 Å². The minimum atomic E-state index is -2.85. The fourth-order valence-electron chi connectivity index (χ4n) is 1.17. The van der Waals surface area contributed by atoms with Gasteiger partial charge in [0.15, 0.2) is 5.54 Å². The number of halogens is 2. The van der Waals surface area contributed by atoms with Crippen molar-refractivity contribution in [2.45, 2.75) is 24.8 Å². The predicted octanol–water partition coefficient (Wildman–Crippen LogP) is 0.532. The summed E-state index contributed by atoms with van der Waals surface area (Å²) in [6.07, 6.45) is -1.69. The van der Waals surface area contributed by atoms with E-state index in [4.69, 9.17) is 5.73 Å². The number of esters is 1. The zero-order chi connectivity index (χ0) is 9.35. The standard InChI is InChI=1S/C7H11F2NO2/c1-12-6(11)7(10,5(8)9)4-2-3-4/h4-5H,2-3,10H2,1H3. The van der Waals surface area contributed by atoms with E-state index in [1.54, 1.807) is 0 Å². The summed E-state index contributed by atoms with van der Waals surface area (Å²) in [5.41, 5.74) is 3.20. The van der Waals surface area contributed by atoms with E-state index in [2.05, 4.69) is 4.74 Å². The van der Waals surface area contributed by atoms with Crippen LogP contribution in [0.4, 0.5) is 8.78 Å². The fourth-order valence-corrected chi connectivity index (χ4v) is 1.17. The first-order valence-corrected chi connectivity index (χ1v) is 3.69. The number of alkyl halides is 2. The number of carbonyl (C=O) groups excluding carboxylic acids is 1. The third-order valence-electron chi connectivity index (χ3n) is 2.15. The minimum absolute atomic E-state index is 0.412. The monoisotopic (exact) mass is 179 g/mol. The lowest BCUT2D eigenvalue weighted by Gasteiger charge is -2.24. The first-order valence-electron chi connectivity index (χ1n) is 3.69. The van der Waals surface area contributed by atoms with Crippen molar-refractivity contribution in [2.24, 2.45) is 11.7 Å². The van der Waals surface area contributed by atoms with Crippen LogP contribution in [0.2, 0.25) is 0 Å². The molecule has 70 valence electrons. The van der Waals surface area contributed by atoms with Crippen LogP contribution in [0.3, 0.4) is 0 Å². The summed E-state index contributed by atoms with van der Waals surface area (Å²) in [7, 11) is 1.06. The molecule has 1 rings (SSSR count). The van der Waals surface area contributed by atoms with Crippen molar-refractivity contribution in [1.82, 2.24) is 0 Å². The highest BCUT2D eigenvalue weighted by Gasteiger charge is 2.55. The van der Waals surface area contributed by atoms with Gasteiger partial charge in [-0.1, -0.05) is 0 Å². The first kappa shape index (κ1) is 9.38. The van der Waals surface area contributed by atoms with Crippen molar-refractivity contribution in [3.05, 3.63) is 0 Å². The Morgan fingerprint density at radius 2 is 2.17 bits per heavy atom. The van der Waals surface area contributed by atoms with Gasteiger partial charge in [0.05, 0.1) is 7.11 Å². The number of ether oxygens (including phenoxy) is 1. The highest BCUT2D eigenvalue weighted by atomic mass is 19.3. The molecule has 1 fully saturated rings. The molecule has 0 aromatic heterocycles. The molecular weight excluding hydrogens is 168 g/mol. The van der Waals surface area contributed by atoms with E-state index in [0.717, 1.165) is 7.11 Å². The summed E-state index contributed by atoms with van der Waals surface area (Å²) in [5.74, 6) is -1.43. The molecule has 1 aliphatic carbocycles. The maximum atomic E-state index is 12.4. The lowest BCUT2D eigenvalue weighted by molar-refractivity contribution is -0.154. The van der Waals surface area contributed by atoms with E-state index in [9.17, 15) is 13.6 Å². The zero-order valence-corrected chi connectivity index (χ0v) is 6.72. The van der Waals surface area contributed by atoms with Crippen molar-refractivity contribution in [3.63, 3.8) is 0 Å². The third-order valence-corrected chi connectivity index (χ3v) is 2.15. The van der Waals surface area contributed by atoms with Gasteiger partial charge in [-0.25, -0.2) is 13.6 Å². The molecule has 0 bridgehead atoms. The molecule has 1 aliphatic rings. The van der Waals surface area contributed by atoms with Gasteiger partial charge in [-0.2, -0.15) is 0 Å². The van der Waals surface area contributed by atoms with Gasteiger partial charge in [0.25, 0.3) is 6.43 Å². The largest absolute Gasteiger partial charge is 0.467 e. The molecule has 1 saturated carbocycles. The summed E-state index contributed by atoms with van der Waals surface area (Å²) in [6.45, 7) is 0. The Morgan fingerprint density at radius 1 is 1.67 bits per heavy atom. The smallest absolute Gasteiger partial charge is 0.332 e. The lowest BCUT2D eigenvalue weighted by atomic mass is 9.95. The number of rotatable bonds is 3. The third kappa shape index (κ3) is 1.29. The van der Waals surface area contributed by atoms with E-state index in [0.29, 0.717) is 12.8 Å². The Kier molecular flexibility index (Phi) is 2.32. The molecule has 0 aliphatic heterocycles. The molecule has 1 atom stereocenters. The molecule has 3 nitrogen and oxygen atoms in total. The molecule has 0 saturated heterocycles. The van der Waals surface area contributed by atoms with E-state index < -0.39 is 23.9 Å². The van der Waals surface area contributed by atoms with E-state index in [1.807, 2.05) is 0 Å². The predicted molar refractivity (Wildman–Crippen MR) is 37.7 cm³/mol. The molecular formula is C7H11F2NO2. The summed E-state index contributed by atoms with van der Waals surface area (Å²) in [4.78, 5) is 10.9. The van der Waals surface area contributed by atoms with Gasteiger partial charge in [-0.15, -0.1) is 0 Å². The Labute approximate surface area is 68.9 Å². The van der Waals surface area contributed by atoms with Gasteiger partial charge in [0.2, 0.25) is 0 Å². The molecule has 0 amide bonds. The number of hydrogen-bond donors (Lipinski definition) is 1. The van der Waals surface area contributed by atoms with Crippen LogP contribution >= 0.6 is 0 Å². The molecule has 0 radical (unpaired) electrons. The highest BCUT2D eigenvalue weighted by Crippen LogP contribution is 2.41. The normalized spacial score (nSPS) is 22.1. The van der Waals surface area contributed by atoms with Gasteiger partial charge in [0, 0.05) is 0 Å². The number of nitrogens with two attached hydrogens (primary N) is 1. The second-order valence-corrected chi connectivity index (χ2v) is 3.00. The highest BCUT2D eigenvalue weighted by molar-refractivity contribution is 5.82. The molecule has 12 heavy (non-hydrogen) atoms. The van der Waals surface area contributed by atoms with Crippen LogP contribution in [0.5, 0.6) is 0 Å². The van der Waals surface area contributed by atoms with Crippen LogP contribution in [-0.4, -0.2) is 25.0 Å². The van der Waals surface area contributed by atoms with Crippen molar-refractivity contribution >= 4 is 5.97 Å². The summed E-state index contributed by atoms with van der Waals surface area (Å²) >= 11 is 0. The lowest BCUT2D eigenvalue weighted by Crippen LogP contribution is -2.56. The zero-order valence-electron chi connectivity index (χ0n) is 6.72. The second kappa shape index (κ2) is 2.97. The van der Waals surface area contributed by atoms with Gasteiger partial charge in [0.1, 0.15) is 0 Å². The minimum Gasteiger partial charge on any atom is -0.467 e. The summed E-state index contributed by atoms with van der Waals surface area (Å²) in [5, 5.41) is 0.